The number of hydrogen-bond donors (Lipinski definition) is 2. The summed E-state index contributed by atoms with van der Waals surface area (Å²) in [6, 6.07) is 1.30. The fourth-order valence-corrected chi connectivity index (χ4v) is 1.41. The van der Waals surface area contributed by atoms with Gasteiger partial charge >= 0.3 is 5.97 Å². The van der Waals surface area contributed by atoms with Gasteiger partial charge in [-0.05, 0) is 12.5 Å². The molecule has 0 aliphatic carbocycles. The maximum Gasteiger partial charge on any atom is 0.303 e. The van der Waals surface area contributed by atoms with Gasteiger partial charge in [0.25, 0.3) is 5.69 Å². The number of nitro groups is 1. The van der Waals surface area contributed by atoms with Crippen LogP contribution in [-0.4, -0.2) is 21.9 Å². The summed E-state index contributed by atoms with van der Waals surface area (Å²) in [5, 5.41) is 20.9. The number of carboxylic acid groups (broad SMARTS) is 1. The average molecular weight is 288 g/mol. The number of nitrogens with zero attached hydrogens (tertiary/aromatic N) is 1. The number of amides is 1. The summed E-state index contributed by atoms with van der Waals surface area (Å²) in [5.74, 6) is -4.82. The van der Waals surface area contributed by atoms with Crippen LogP contribution in [0.4, 0.5) is 20.2 Å². The van der Waals surface area contributed by atoms with Crippen LogP contribution in [0.2, 0.25) is 0 Å². The lowest BCUT2D eigenvalue weighted by atomic mass is 10.2. The molecule has 7 nitrogen and oxygen atoms in total. The molecule has 2 N–H and O–H groups in total. The van der Waals surface area contributed by atoms with Gasteiger partial charge in [-0.25, -0.2) is 8.78 Å². The third-order valence-electron chi connectivity index (χ3n) is 2.33. The number of aliphatic carboxylic acids is 1. The number of carboxylic acids is 1. The molecule has 108 valence electrons. The van der Waals surface area contributed by atoms with Crippen molar-refractivity contribution in [3.8, 4) is 0 Å². The van der Waals surface area contributed by atoms with Crippen LogP contribution < -0.4 is 5.32 Å². The van der Waals surface area contributed by atoms with Gasteiger partial charge in [-0.2, -0.15) is 0 Å². The first-order chi connectivity index (χ1) is 9.32. The highest BCUT2D eigenvalue weighted by Gasteiger charge is 2.23. The lowest BCUT2D eigenvalue weighted by Gasteiger charge is -2.07. The molecule has 0 unspecified atom stereocenters. The van der Waals surface area contributed by atoms with E-state index in [0.29, 0.717) is 6.07 Å². The Kier molecular flexibility index (Phi) is 5.07. The third-order valence-corrected chi connectivity index (χ3v) is 2.33. The zero-order valence-electron chi connectivity index (χ0n) is 10.1. The number of nitrogens with one attached hydrogen (secondary N) is 1. The minimum Gasteiger partial charge on any atom is -0.481 e. The number of nitro benzene ring substituents is 1. The molecule has 0 heterocycles. The summed E-state index contributed by atoms with van der Waals surface area (Å²) in [5.41, 5.74) is -1.65. The Labute approximate surface area is 111 Å². The van der Waals surface area contributed by atoms with Crippen molar-refractivity contribution in [2.45, 2.75) is 19.3 Å². The Balaban J connectivity index is 2.85. The lowest BCUT2D eigenvalue weighted by Crippen LogP contribution is -2.15. The molecule has 0 radical (unpaired) electrons. The minimum absolute atomic E-state index is 0.0219. The SMILES string of the molecule is O=C(O)CCCC(=O)Nc1c([N+](=O)[O-])ccc(F)c1F. The van der Waals surface area contributed by atoms with Crippen LogP contribution in [0.25, 0.3) is 0 Å². The summed E-state index contributed by atoms with van der Waals surface area (Å²) in [7, 11) is 0. The van der Waals surface area contributed by atoms with Crippen LogP contribution in [0.5, 0.6) is 0 Å². The van der Waals surface area contributed by atoms with Gasteiger partial charge in [-0.3, -0.25) is 19.7 Å². The van der Waals surface area contributed by atoms with Crippen molar-refractivity contribution >= 4 is 23.3 Å². The summed E-state index contributed by atoms with van der Waals surface area (Å²) in [6.45, 7) is 0. The smallest absolute Gasteiger partial charge is 0.303 e. The van der Waals surface area contributed by atoms with E-state index in [1.165, 1.54) is 0 Å². The second-order valence-corrected chi connectivity index (χ2v) is 3.81. The second kappa shape index (κ2) is 6.55. The molecule has 0 aliphatic rings. The second-order valence-electron chi connectivity index (χ2n) is 3.81. The number of carbonyl (C=O) groups is 2. The first-order valence-corrected chi connectivity index (χ1v) is 5.47. The van der Waals surface area contributed by atoms with Gasteiger partial charge < -0.3 is 10.4 Å². The summed E-state index contributed by atoms with van der Waals surface area (Å²) >= 11 is 0. The fraction of sp³-hybridized carbons (Fsp3) is 0.273. The molecule has 0 saturated heterocycles. The molecule has 0 aromatic heterocycles. The zero-order valence-corrected chi connectivity index (χ0v) is 10.1. The van der Waals surface area contributed by atoms with Crippen LogP contribution in [0.1, 0.15) is 19.3 Å². The van der Waals surface area contributed by atoms with Crippen molar-refractivity contribution < 1.29 is 28.4 Å². The molecule has 0 fully saturated rings. The largest absolute Gasteiger partial charge is 0.481 e. The number of benzene rings is 1. The maximum absolute atomic E-state index is 13.4. The van der Waals surface area contributed by atoms with Crippen molar-refractivity contribution in [3.05, 3.63) is 33.9 Å². The van der Waals surface area contributed by atoms with E-state index < -0.39 is 39.8 Å². The molecular weight excluding hydrogens is 278 g/mol. The molecular formula is C11H10F2N2O5. The zero-order chi connectivity index (χ0) is 15.3. The Bertz CT molecular complexity index is 562. The van der Waals surface area contributed by atoms with Gasteiger partial charge in [0.05, 0.1) is 4.92 Å². The predicted molar refractivity (Wildman–Crippen MR) is 63.1 cm³/mol. The average Bonchev–Trinajstić information content (AvgIpc) is 2.34. The topological polar surface area (TPSA) is 110 Å². The standard InChI is InChI=1S/C11H10F2N2O5/c12-6-4-5-7(15(19)20)11(10(6)13)14-8(16)2-1-3-9(17)18/h4-5H,1-3H2,(H,14,16)(H,17,18). The van der Waals surface area contributed by atoms with Crippen LogP contribution in [-0.2, 0) is 9.59 Å². The van der Waals surface area contributed by atoms with Gasteiger partial charge in [0.15, 0.2) is 17.3 Å². The molecule has 1 amide bonds. The Morgan fingerprint density at radius 1 is 1.30 bits per heavy atom. The Morgan fingerprint density at radius 3 is 2.50 bits per heavy atom. The molecule has 1 aromatic carbocycles. The highest BCUT2D eigenvalue weighted by molar-refractivity contribution is 5.93. The molecule has 0 aliphatic heterocycles. The van der Waals surface area contributed by atoms with Crippen molar-refractivity contribution in [2.75, 3.05) is 5.32 Å². The molecule has 0 spiro atoms. The predicted octanol–water partition coefficient (Wildman–Crippen LogP) is 2.07. The van der Waals surface area contributed by atoms with Crippen molar-refractivity contribution in [1.29, 1.82) is 0 Å². The van der Waals surface area contributed by atoms with E-state index in [9.17, 15) is 28.5 Å². The normalized spacial score (nSPS) is 10.1. The number of anilines is 1. The molecule has 1 rings (SSSR count). The van der Waals surface area contributed by atoms with E-state index in [4.69, 9.17) is 5.11 Å². The highest BCUT2D eigenvalue weighted by Crippen LogP contribution is 2.29. The van der Waals surface area contributed by atoms with Crippen molar-refractivity contribution in [1.82, 2.24) is 0 Å². The van der Waals surface area contributed by atoms with Gasteiger partial charge in [0.1, 0.15) is 0 Å². The number of hydrogen-bond acceptors (Lipinski definition) is 4. The molecule has 0 saturated carbocycles. The van der Waals surface area contributed by atoms with Crippen LogP contribution in [0.15, 0.2) is 12.1 Å². The molecule has 0 atom stereocenters. The number of carbonyl (C=O) groups excluding carboxylic acids is 1. The van der Waals surface area contributed by atoms with E-state index in [-0.39, 0.29) is 19.3 Å². The fourth-order valence-electron chi connectivity index (χ4n) is 1.41. The summed E-state index contributed by atoms with van der Waals surface area (Å²) in [6.07, 6.45) is -0.577. The van der Waals surface area contributed by atoms with E-state index in [1.54, 1.807) is 0 Å². The molecule has 20 heavy (non-hydrogen) atoms. The van der Waals surface area contributed by atoms with E-state index in [1.807, 2.05) is 5.32 Å². The van der Waals surface area contributed by atoms with Crippen LogP contribution in [0.3, 0.4) is 0 Å². The first-order valence-electron chi connectivity index (χ1n) is 5.47. The van der Waals surface area contributed by atoms with Gasteiger partial charge in [0, 0.05) is 18.9 Å². The van der Waals surface area contributed by atoms with E-state index >= 15 is 0 Å². The van der Waals surface area contributed by atoms with Gasteiger partial charge in [0.2, 0.25) is 5.91 Å². The van der Waals surface area contributed by atoms with Crippen molar-refractivity contribution in [3.63, 3.8) is 0 Å². The highest BCUT2D eigenvalue weighted by atomic mass is 19.2. The van der Waals surface area contributed by atoms with E-state index in [0.717, 1.165) is 6.07 Å². The molecule has 9 heteroatoms. The Hall–Kier alpha value is -2.58. The maximum atomic E-state index is 13.4. The van der Waals surface area contributed by atoms with Gasteiger partial charge in [-0.1, -0.05) is 0 Å². The quantitative estimate of drug-likeness (QED) is 0.615. The van der Waals surface area contributed by atoms with Crippen LogP contribution >= 0.6 is 0 Å². The molecule has 0 bridgehead atoms. The summed E-state index contributed by atoms with van der Waals surface area (Å²) < 4.78 is 26.4. The van der Waals surface area contributed by atoms with Crippen LogP contribution in [0, 0.1) is 21.7 Å². The number of halogens is 2. The minimum atomic E-state index is -1.54. The Morgan fingerprint density at radius 2 is 1.95 bits per heavy atom. The molecule has 1 aromatic rings. The lowest BCUT2D eigenvalue weighted by molar-refractivity contribution is -0.384. The first kappa shape index (κ1) is 15.5. The number of rotatable bonds is 6. The summed E-state index contributed by atoms with van der Waals surface area (Å²) in [4.78, 5) is 31.4. The third kappa shape index (κ3) is 3.97. The van der Waals surface area contributed by atoms with Crippen molar-refractivity contribution in [2.24, 2.45) is 0 Å². The van der Waals surface area contributed by atoms with E-state index in [2.05, 4.69) is 0 Å². The van der Waals surface area contributed by atoms with Gasteiger partial charge in [-0.15, -0.1) is 0 Å². The monoisotopic (exact) mass is 288 g/mol.